The number of unbranched alkanes of at least 4 members (excludes halogenated alkanes) is 4. The minimum Gasteiger partial charge on any atom is -0.207 e. The van der Waals surface area contributed by atoms with E-state index in [2.05, 4.69) is 17.8 Å². The van der Waals surface area contributed by atoms with Crippen molar-refractivity contribution in [3.8, 4) is 35.3 Å². The molecule has 0 atom stereocenters. The van der Waals surface area contributed by atoms with E-state index < -0.39 is 17.5 Å². The molecule has 122 valence electrons. The molecular weight excluding hydrogens is 309 g/mol. The minimum absolute atomic E-state index is 0.147. The topological polar surface area (TPSA) is 0 Å². The van der Waals surface area contributed by atoms with Gasteiger partial charge in [-0.1, -0.05) is 24.3 Å². The highest BCUT2D eigenvalue weighted by Crippen LogP contribution is 2.25. The fourth-order valence-electron chi connectivity index (χ4n) is 2.32. The lowest BCUT2D eigenvalue weighted by atomic mass is 10.0. The van der Waals surface area contributed by atoms with Crippen molar-refractivity contribution in [2.75, 3.05) is 0 Å². The van der Waals surface area contributed by atoms with Crippen molar-refractivity contribution in [2.24, 2.45) is 0 Å². The molecule has 2 rings (SSSR count). The number of hydrogen-bond acceptors (Lipinski definition) is 0. The summed E-state index contributed by atoms with van der Waals surface area (Å²) in [6.45, 7) is 0. The van der Waals surface area contributed by atoms with Crippen LogP contribution >= 0.6 is 0 Å². The standard InChI is InChI=1S/C21H17F3/c1-2-3-4-5-6-7-8-9-16-10-11-20(21(24)12-16)17-13-18(22)15-19(23)14-17/h1,10-15H,3-7H2. The molecule has 0 saturated heterocycles. The molecule has 0 aliphatic carbocycles. The van der Waals surface area contributed by atoms with E-state index in [0.29, 0.717) is 5.56 Å². The third kappa shape index (κ3) is 5.21. The highest BCUT2D eigenvalue weighted by Gasteiger charge is 2.08. The second kappa shape index (κ2) is 8.85. The van der Waals surface area contributed by atoms with Crippen LogP contribution in [-0.2, 0) is 0 Å². The predicted octanol–water partition coefficient (Wildman–Crippen LogP) is 5.71. The van der Waals surface area contributed by atoms with Gasteiger partial charge in [0.1, 0.15) is 17.5 Å². The first-order chi connectivity index (χ1) is 11.6. The molecule has 2 aromatic carbocycles. The molecule has 0 aliphatic rings. The predicted molar refractivity (Wildman–Crippen MR) is 90.5 cm³/mol. The van der Waals surface area contributed by atoms with Gasteiger partial charge in [0.25, 0.3) is 0 Å². The van der Waals surface area contributed by atoms with Gasteiger partial charge < -0.3 is 0 Å². The lowest BCUT2D eigenvalue weighted by Crippen LogP contribution is -1.89. The summed E-state index contributed by atoms with van der Waals surface area (Å²) in [5, 5.41) is 0. The molecule has 24 heavy (non-hydrogen) atoms. The van der Waals surface area contributed by atoms with E-state index in [-0.39, 0.29) is 11.1 Å². The van der Waals surface area contributed by atoms with Crippen LogP contribution in [0.15, 0.2) is 36.4 Å². The molecule has 3 heteroatoms. The number of hydrogen-bond donors (Lipinski definition) is 0. The smallest absolute Gasteiger partial charge is 0.132 e. The van der Waals surface area contributed by atoms with Gasteiger partial charge in [0.05, 0.1) is 0 Å². The Kier molecular flexibility index (Phi) is 6.52. The molecular formula is C21H17F3. The van der Waals surface area contributed by atoms with Crippen molar-refractivity contribution in [3.05, 3.63) is 59.4 Å². The molecule has 0 bridgehead atoms. The Morgan fingerprint density at radius 2 is 1.54 bits per heavy atom. The molecule has 0 saturated carbocycles. The maximum absolute atomic E-state index is 14.2. The zero-order valence-electron chi connectivity index (χ0n) is 13.2. The lowest BCUT2D eigenvalue weighted by Gasteiger charge is -2.05. The van der Waals surface area contributed by atoms with Crippen LogP contribution in [0.25, 0.3) is 11.1 Å². The Balaban J connectivity index is 2.04. The van der Waals surface area contributed by atoms with Crippen LogP contribution in [0.4, 0.5) is 13.2 Å². The van der Waals surface area contributed by atoms with Gasteiger partial charge in [-0.05, 0) is 42.7 Å². The zero-order chi connectivity index (χ0) is 17.4. The van der Waals surface area contributed by atoms with E-state index in [4.69, 9.17) is 6.42 Å². The number of halogens is 3. The first-order valence-electron chi connectivity index (χ1n) is 7.78. The van der Waals surface area contributed by atoms with Gasteiger partial charge >= 0.3 is 0 Å². The van der Waals surface area contributed by atoms with Crippen molar-refractivity contribution >= 4 is 0 Å². The van der Waals surface area contributed by atoms with E-state index in [1.165, 1.54) is 12.1 Å². The number of terminal acetylenes is 1. The van der Waals surface area contributed by atoms with E-state index in [9.17, 15) is 13.2 Å². The first kappa shape index (κ1) is 17.7. The van der Waals surface area contributed by atoms with Gasteiger partial charge in [0.2, 0.25) is 0 Å². The molecule has 0 nitrogen and oxygen atoms in total. The average Bonchev–Trinajstić information content (AvgIpc) is 2.53. The van der Waals surface area contributed by atoms with E-state index >= 15 is 0 Å². The molecule has 0 N–H and O–H groups in total. The average molecular weight is 326 g/mol. The van der Waals surface area contributed by atoms with Gasteiger partial charge in [-0.25, -0.2) is 13.2 Å². The molecule has 2 aromatic rings. The van der Waals surface area contributed by atoms with Gasteiger partial charge in [0.15, 0.2) is 0 Å². The van der Waals surface area contributed by atoms with Crippen LogP contribution in [0.1, 0.15) is 37.7 Å². The second-order valence-electron chi connectivity index (χ2n) is 5.42. The summed E-state index contributed by atoms with van der Waals surface area (Å²) < 4.78 is 40.7. The largest absolute Gasteiger partial charge is 0.207 e. The van der Waals surface area contributed by atoms with Crippen molar-refractivity contribution in [2.45, 2.75) is 32.1 Å². The Labute approximate surface area is 140 Å². The number of rotatable bonds is 5. The highest BCUT2D eigenvalue weighted by molar-refractivity contribution is 5.65. The molecule has 0 amide bonds. The summed E-state index contributed by atoms with van der Waals surface area (Å²) >= 11 is 0. The highest BCUT2D eigenvalue weighted by atomic mass is 19.1. The van der Waals surface area contributed by atoms with Gasteiger partial charge in [-0.3, -0.25) is 0 Å². The molecule has 0 aromatic heterocycles. The van der Waals surface area contributed by atoms with Crippen LogP contribution in [0.2, 0.25) is 0 Å². The van der Waals surface area contributed by atoms with Crippen molar-refractivity contribution < 1.29 is 13.2 Å². The summed E-state index contributed by atoms with van der Waals surface area (Å²) in [4.78, 5) is 0. The number of benzene rings is 2. The molecule has 0 fully saturated rings. The normalized spacial score (nSPS) is 9.92. The van der Waals surface area contributed by atoms with Crippen LogP contribution in [0.3, 0.4) is 0 Å². The maximum Gasteiger partial charge on any atom is 0.132 e. The molecule has 0 unspecified atom stereocenters. The van der Waals surface area contributed by atoms with Crippen LogP contribution in [0, 0.1) is 41.6 Å². The summed E-state index contributed by atoms with van der Waals surface area (Å²) in [6.07, 6.45) is 9.65. The summed E-state index contributed by atoms with van der Waals surface area (Å²) in [5.74, 6) is 6.46. The second-order valence-corrected chi connectivity index (χ2v) is 5.42. The monoisotopic (exact) mass is 326 g/mol. The molecule has 0 aliphatic heterocycles. The Bertz CT molecular complexity index is 784. The summed E-state index contributed by atoms with van der Waals surface area (Å²) in [5.41, 5.74) is 0.850. The minimum atomic E-state index is -0.738. The van der Waals surface area contributed by atoms with E-state index in [1.54, 1.807) is 6.07 Å². The van der Waals surface area contributed by atoms with Crippen molar-refractivity contribution in [1.29, 1.82) is 0 Å². The molecule has 0 spiro atoms. The van der Waals surface area contributed by atoms with Crippen LogP contribution < -0.4 is 0 Å². The summed E-state index contributed by atoms with van der Waals surface area (Å²) in [6, 6.07) is 7.37. The fraction of sp³-hybridized carbons (Fsp3) is 0.238. The SMILES string of the molecule is C#CCCCCCC#Cc1ccc(-c2cc(F)cc(F)c2)c(F)c1. The van der Waals surface area contributed by atoms with Crippen molar-refractivity contribution in [3.63, 3.8) is 0 Å². The van der Waals surface area contributed by atoms with E-state index in [0.717, 1.165) is 50.3 Å². The zero-order valence-corrected chi connectivity index (χ0v) is 13.2. The van der Waals surface area contributed by atoms with E-state index in [1.807, 2.05) is 0 Å². The van der Waals surface area contributed by atoms with Crippen LogP contribution in [0.5, 0.6) is 0 Å². The molecule has 0 heterocycles. The first-order valence-corrected chi connectivity index (χ1v) is 7.78. The van der Waals surface area contributed by atoms with Gasteiger partial charge in [-0.2, -0.15) is 0 Å². The van der Waals surface area contributed by atoms with Gasteiger partial charge in [0, 0.05) is 30.0 Å². The quantitative estimate of drug-likeness (QED) is 0.488. The van der Waals surface area contributed by atoms with Crippen molar-refractivity contribution in [1.82, 2.24) is 0 Å². The van der Waals surface area contributed by atoms with Gasteiger partial charge in [-0.15, -0.1) is 12.3 Å². The Morgan fingerprint density at radius 3 is 2.21 bits per heavy atom. The third-order valence-corrected chi connectivity index (χ3v) is 3.50. The third-order valence-electron chi connectivity index (χ3n) is 3.50. The van der Waals surface area contributed by atoms with Crippen LogP contribution in [-0.4, -0.2) is 0 Å². The summed E-state index contributed by atoms with van der Waals surface area (Å²) in [7, 11) is 0. The fourth-order valence-corrected chi connectivity index (χ4v) is 2.32. The maximum atomic E-state index is 14.2. The Morgan fingerprint density at radius 1 is 0.833 bits per heavy atom. The lowest BCUT2D eigenvalue weighted by molar-refractivity contribution is 0.583. The molecule has 0 radical (unpaired) electrons. The Hall–Kier alpha value is -2.65.